The molecule has 1 N–H and O–H groups in total. The highest BCUT2D eigenvalue weighted by Crippen LogP contribution is 2.34. The molecule has 8 nitrogen and oxygen atoms in total. The first-order valence-electron chi connectivity index (χ1n) is 8.28. The van der Waals surface area contributed by atoms with Gasteiger partial charge in [-0.2, -0.15) is 11.3 Å². The predicted octanol–water partition coefficient (Wildman–Crippen LogP) is 1.27. The Morgan fingerprint density at radius 1 is 1.48 bits per heavy atom. The molecule has 1 aliphatic heterocycles. The zero-order chi connectivity index (χ0) is 19.4. The summed E-state index contributed by atoms with van der Waals surface area (Å²) in [5.74, 6) is -3.82. The molecule has 2 aromatic heterocycles. The van der Waals surface area contributed by atoms with Crippen LogP contribution in [0.3, 0.4) is 0 Å². The lowest BCUT2D eigenvalue weighted by Crippen LogP contribution is -2.38. The van der Waals surface area contributed by atoms with Crippen LogP contribution in [0.25, 0.3) is 0 Å². The molecule has 2 aromatic rings. The fourth-order valence-corrected chi connectivity index (χ4v) is 3.55. The highest BCUT2D eigenvalue weighted by molar-refractivity contribution is 7.08. The zero-order valence-electron chi connectivity index (χ0n) is 14.6. The predicted molar refractivity (Wildman–Crippen MR) is 92.9 cm³/mol. The molecule has 0 aromatic carbocycles. The first-order valence-corrected chi connectivity index (χ1v) is 9.22. The Morgan fingerprint density at radius 3 is 3.00 bits per heavy atom. The average Bonchev–Trinajstić information content (AvgIpc) is 3.35. The number of nitrogens with one attached hydrogen (secondary N) is 1. The second-order valence-electron chi connectivity index (χ2n) is 6.23. The fourth-order valence-electron chi connectivity index (χ4n) is 2.92. The summed E-state index contributed by atoms with van der Waals surface area (Å²) in [4.78, 5) is 25.6. The van der Waals surface area contributed by atoms with Crippen molar-refractivity contribution in [3.63, 3.8) is 0 Å². The van der Waals surface area contributed by atoms with Crippen LogP contribution in [0, 0.1) is 0 Å². The number of likely N-dealkylation sites (tertiary alicyclic amines) is 1. The number of carbonyl (C=O) groups is 2. The molecule has 2 amide bonds. The van der Waals surface area contributed by atoms with E-state index in [4.69, 9.17) is 4.74 Å². The molecule has 0 spiro atoms. The Hall–Kier alpha value is -2.40. The molecule has 27 heavy (non-hydrogen) atoms. The number of amides is 2. The van der Waals surface area contributed by atoms with Gasteiger partial charge in [-0.1, -0.05) is 5.21 Å². The topological polar surface area (TPSA) is 89.4 Å². The summed E-state index contributed by atoms with van der Waals surface area (Å²) >= 11 is 1.33. The highest BCUT2D eigenvalue weighted by atomic mass is 32.1. The summed E-state index contributed by atoms with van der Waals surface area (Å²) < 4.78 is 34.0. The van der Waals surface area contributed by atoms with Crippen LogP contribution in [0.2, 0.25) is 0 Å². The minimum absolute atomic E-state index is 0.0316. The van der Waals surface area contributed by atoms with Crippen molar-refractivity contribution in [2.24, 2.45) is 0 Å². The molecule has 0 unspecified atom stereocenters. The normalized spacial score (nSPS) is 18.6. The van der Waals surface area contributed by atoms with Crippen molar-refractivity contribution in [1.29, 1.82) is 0 Å². The molecule has 1 aliphatic rings. The van der Waals surface area contributed by atoms with E-state index in [0.717, 1.165) is 0 Å². The standard InChI is InChI=1S/C16H19F2N5O3S/c1-26-4-3-19-14(24)13-8-22(21-20-13)7-12-6-16(17,18)10-23(12)15(25)11-2-5-27-9-11/h2,5,8-9,12H,3-4,6-7,10H2,1H3,(H,19,24)/t12-/m0/s1. The van der Waals surface area contributed by atoms with Gasteiger partial charge in [0.25, 0.3) is 17.7 Å². The molecule has 11 heteroatoms. The third-order valence-corrected chi connectivity index (χ3v) is 4.85. The van der Waals surface area contributed by atoms with Crippen LogP contribution in [0.15, 0.2) is 23.0 Å². The van der Waals surface area contributed by atoms with Crippen LogP contribution in [0.1, 0.15) is 27.3 Å². The van der Waals surface area contributed by atoms with Crippen molar-refractivity contribution in [2.45, 2.75) is 24.9 Å². The second-order valence-corrected chi connectivity index (χ2v) is 7.01. The van der Waals surface area contributed by atoms with E-state index < -0.39 is 36.7 Å². The van der Waals surface area contributed by atoms with Gasteiger partial charge < -0.3 is 15.0 Å². The smallest absolute Gasteiger partial charge is 0.273 e. The Kier molecular flexibility index (Phi) is 5.80. The van der Waals surface area contributed by atoms with Gasteiger partial charge in [-0.25, -0.2) is 13.5 Å². The maximum absolute atomic E-state index is 13.9. The fraction of sp³-hybridized carbons (Fsp3) is 0.500. The van der Waals surface area contributed by atoms with E-state index in [1.807, 2.05) is 0 Å². The second kappa shape index (κ2) is 8.09. The molecule has 3 rings (SSSR count). The van der Waals surface area contributed by atoms with Gasteiger partial charge in [-0.3, -0.25) is 9.59 Å². The number of hydrogen-bond donors (Lipinski definition) is 1. The number of methoxy groups -OCH3 is 1. The number of hydrogen-bond acceptors (Lipinski definition) is 6. The monoisotopic (exact) mass is 399 g/mol. The molecule has 1 saturated heterocycles. The number of ether oxygens (including phenoxy) is 1. The maximum Gasteiger partial charge on any atom is 0.273 e. The minimum Gasteiger partial charge on any atom is -0.383 e. The third kappa shape index (κ3) is 4.66. The van der Waals surface area contributed by atoms with Gasteiger partial charge >= 0.3 is 0 Å². The van der Waals surface area contributed by atoms with Crippen LogP contribution in [-0.2, 0) is 11.3 Å². The van der Waals surface area contributed by atoms with Crippen LogP contribution < -0.4 is 5.32 Å². The number of aromatic nitrogens is 3. The largest absolute Gasteiger partial charge is 0.383 e. The van der Waals surface area contributed by atoms with Crippen molar-refractivity contribution in [2.75, 3.05) is 26.8 Å². The summed E-state index contributed by atoms with van der Waals surface area (Å²) in [5, 5.41) is 13.6. The number of halogens is 2. The number of nitrogens with zero attached hydrogens (tertiary/aromatic N) is 4. The van der Waals surface area contributed by atoms with E-state index in [1.54, 1.807) is 16.8 Å². The lowest BCUT2D eigenvalue weighted by Gasteiger charge is -2.23. The van der Waals surface area contributed by atoms with Crippen molar-refractivity contribution in [3.05, 3.63) is 34.3 Å². The molecule has 0 aliphatic carbocycles. The Bertz CT molecular complexity index is 796. The van der Waals surface area contributed by atoms with Crippen LogP contribution in [-0.4, -0.2) is 70.5 Å². The maximum atomic E-state index is 13.9. The number of carbonyl (C=O) groups excluding carboxylic acids is 2. The quantitative estimate of drug-likeness (QED) is 0.709. The van der Waals surface area contributed by atoms with Gasteiger partial charge in [0.1, 0.15) is 0 Å². The van der Waals surface area contributed by atoms with Crippen molar-refractivity contribution >= 4 is 23.2 Å². The zero-order valence-corrected chi connectivity index (χ0v) is 15.4. The number of thiophene rings is 1. The summed E-state index contributed by atoms with van der Waals surface area (Å²) in [6.45, 7) is 0.0753. The molecular weight excluding hydrogens is 380 g/mol. The van der Waals surface area contributed by atoms with Crippen LogP contribution >= 0.6 is 11.3 Å². The molecule has 3 heterocycles. The Morgan fingerprint density at radius 2 is 2.30 bits per heavy atom. The van der Waals surface area contributed by atoms with E-state index in [2.05, 4.69) is 15.6 Å². The van der Waals surface area contributed by atoms with Gasteiger partial charge in [-0.15, -0.1) is 5.10 Å². The Balaban J connectivity index is 1.68. The SMILES string of the molecule is COCCNC(=O)c1cn(C[C@@H]2CC(F)(F)CN2C(=O)c2ccsc2)nn1. The summed E-state index contributed by atoms with van der Waals surface area (Å²) in [5.41, 5.74) is 0.464. The first kappa shape index (κ1) is 19.4. The highest BCUT2D eigenvalue weighted by Gasteiger charge is 2.47. The van der Waals surface area contributed by atoms with Gasteiger partial charge in [0.05, 0.1) is 37.5 Å². The molecule has 0 radical (unpaired) electrons. The molecule has 146 valence electrons. The molecule has 1 atom stereocenters. The molecule has 1 fully saturated rings. The van der Waals surface area contributed by atoms with Crippen LogP contribution in [0.4, 0.5) is 8.78 Å². The lowest BCUT2D eigenvalue weighted by molar-refractivity contribution is 0.0117. The van der Waals surface area contributed by atoms with Gasteiger partial charge in [0.15, 0.2) is 5.69 Å². The summed E-state index contributed by atoms with van der Waals surface area (Å²) in [6.07, 6.45) is 0.921. The summed E-state index contributed by atoms with van der Waals surface area (Å²) in [6, 6.07) is 0.872. The van der Waals surface area contributed by atoms with Gasteiger partial charge in [0.2, 0.25) is 0 Å². The molecule has 0 saturated carbocycles. The van der Waals surface area contributed by atoms with E-state index in [1.165, 1.54) is 34.2 Å². The third-order valence-electron chi connectivity index (χ3n) is 4.17. The number of rotatable bonds is 7. The summed E-state index contributed by atoms with van der Waals surface area (Å²) in [7, 11) is 1.52. The average molecular weight is 399 g/mol. The van der Waals surface area contributed by atoms with E-state index in [-0.39, 0.29) is 12.2 Å². The first-order chi connectivity index (χ1) is 12.9. The number of alkyl halides is 2. The van der Waals surface area contributed by atoms with Crippen LogP contribution in [0.5, 0.6) is 0 Å². The minimum atomic E-state index is -2.96. The van der Waals surface area contributed by atoms with Crippen molar-refractivity contribution < 1.29 is 23.1 Å². The van der Waals surface area contributed by atoms with E-state index >= 15 is 0 Å². The van der Waals surface area contributed by atoms with Gasteiger partial charge in [0, 0.05) is 25.5 Å². The molecular formula is C16H19F2N5O3S. The van der Waals surface area contributed by atoms with Crippen molar-refractivity contribution in [1.82, 2.24) is 25.2 Å². The van der Waals surface area contributed by atoms with E-state index in [9.17, 15) is 18.4 Å². The molecule has 0 bridgehead atoms. The Labute approximate surface area is 158 Å². The van der Waals surface area contributed by atoms with E-state index in [0.29, 0.717) is 18.7 Å². The van der Waals surface area contributed by atoms with Gasteiger partial charge in [-0.05, 0) is 11.4 Å². The lowest BCUT2D eigenvalue weighted by atomic mass is 10.2. The van der Waals surface area contributed by atoms with Crippen molar-refractivity contribution in [3.8, 4) is 0 Å².